The molecule has 0 spiro atoms. The molecule has 0 bridgehead atoms. The van der Waals surface area contributed by atoms with Crippen molar-refractivity contribution >= 4 is 11.2 Å². The zero-order valence-electron chi connectivity index (χ0n) is 26.9. The maximum absolute atomic E-state index is 14.6. The largest absolute Gasteiger partial charge is 0.285 e. The first kappa shape index (κ1) is 35.9. The summed E-state index contributed by atoms with van der Waals surface area (Å²) in [4.78, 5) is 9.78. The molecule has 7 nitrogen and oxygen atoms in total. The summed E-state index contributed by atoms with van der Waals surface area (Å²) in [6, 6.07) is 2.96. The number of hydrogen-bond donors (Lipinski definition) is 0. The van der Waals surface area contributed by atoms with Crippen molar-refractivity contribution in [3.05, 3.63) is 0 Å². The van der Waals surface area contributed by atoms with Crippen molar-refractivity contribution < 1.29 is 4.21 Å². The molecular weight excluding hydrogens is 468 g/mol. The Hall–Kier alpha value is -0.0900. The van der Waals surface area contributed by atoms with Gasteiger partial charge in [-0.2, -0.15) is 8.61 Å². The lowest BCUT2D eigenvalue weighted by Crippen LogP contribution is -2.58. The first-order chi connectivity index (χ1) is 16.4. The van der Waals surface area contributed by atoms with E-state index in [1.165, 1.54) is 0 Å². The molecular formula is C28H64N6OS. The van der Waals surface area contributed by atoms with Gasteiger partial charge in [-0.25, -0.2) is 4.21 Å². The van der Waals surface area contributed by atoms with Crippen LogP contribution in [-0.2, 0) is 11.2 Å². The summed E-state index contributed by atoms with van der Waals surface area (Å²) in [6.45, 7) is 38.4. The fraction of sp³-hybridized carbons (Fsp3) is 1.00. The first-order valence-electron chi connectivity index (χ1n) is 14.4. The zero-order valence-corrected chi connectivity index (χ0v) is 27.8. The fourth-order valence-electron chi connectivity index (χ4n) is 4.87. The fourth-order valence-corrected chi connectivity index (χ4v) is 6.13. The van der Waals surface area contributed by atoms with Crippen LogP contribution in [0.2, 0.25) is 0 Å². The van der Waals surface area contributed by atoms with E-state index in [1.54, 1.807) is 0 Å². The molecule has 0 N–H and O–H groups in total. The lowest BCUT2D eigenvalue weighted by molar-refractivity contribution is 0.0449. The maximum Gasteiger partial charge on any atom is 0.177 e. The Morgan fingerprint density at radius 2 is 0.500 bits per heavy atom. The van der Waals surface area contributed by atoms with Gasteiger partial charge in [0.1, 0.15) is 0 Å². The van der Waals surface area contributed by atoms with Crippen LogP contribution in [0.5, 0.6) is 0 Å². The number of hydrogen-bond acceptors (Lipinski definition) is 5. The molecule has 0 unspecified atom stereocenters. The molecule has 0 saturated carbocycles. The zero-order chi connectivity index (χ0) is 28.5. The van der Waals surface area contributed by atoms with Crippen LogP contribution in [0.3, 0.4) is 0 Å². The molecule has 0 radical (unpaired) electrons. The smallest absolute Gasteiger partial charge is 0.177 e. The minimum Gasteiger partial charge on any atom is -0.285 e. The van der Waals surface area contributed by atoms with E-state index in [1.807, 2.05) is 0 Å². The second-order valence-electron chi connectivity index (χ2n) is 12.6. The van der Waals surface area contributed by atoms with E-state index in [9.17, 15) is 4.21 Å². The van der Waals surface area contributed by atoms with Crippen molar-refractivity contribution in [2.45, 2.75) is 159 Å². The van der Waals surface area contributed by atoms with Crippen molar-refractivity contribution in [1.29, 1.82) is 0 Å². The number of nitrogens with zero attached hydrogens (tertiary/aromatic N) is 6. The predicted octanol–water partition coefficient (Wildman–Crippen LogP) is 5.47. The van der Waals surface area contributed by atoms with Crippen molar-refractivity contribution in [1.82, 2.24) is 28.2 Å². The molecule has 0 aliphatic carbocycles. The summed E-state index contributed by atoms with van der Waals surface area (Å²) >= 11 is -1.31. The average molecular weight is 533 g/mol. The summed E-state index contributed by atoms with van der Waals surface area (Å²) in [6.07, 6.45) is 0. The van der Waals surface area contributed by atoms with Gasteiger partial charge in [0.05, 0.1) is 26.7 Å². The highest BCUT2D eigenvalue weighted by Gasteiger charge is 2.32. The van der Waals surface area contributed by atoms with Crippen LogP contribution in [0.1, 0.15) is 111 Å². The van der Waals surface area contributed by atoms with Crippen LogP contribution in [0, 0.1) is 0 Å². The topological polar surface area (TPSA) is 36.5 Å². The van der Waals surface area contributed by atoms with Gasteiger partial charge in [0.25, 0.3) is 0 Å². The molecule has 0 aliphatic heterocycles. The lowest BCUT2D eigenvalue weighted by atomic mass is 10.2. The normalized spacial score (nSPS) is 14.0. The monoisotopic (exact) mass is 532 g/mol. The van der Waals surface area contributed by atoms with Gasteiger partial charge in [0, 0.05) is 48.3 Å². The van der Waals surface area contributed by atoms with Crippen LogP contribution in [0.15, 0.2) is 0 Å². The van der Waals surface area contributed by atoms with Crippen LogP contribution in [0.25, 0.3) is 0 Å². The quantitative estimate of drug-likeness (QED) is 0.219. The Bertz CT molecular complexity index is 483. The molecule has 0 aromatic rings. The molecule has 36 heavy (non-hydrogen) atoms. The maximum atomic E-state index is 14.6. The number of rotatable bonds is 18. The Kier molecular flexibility index (Phi) is 16.7. The van der Waals surface area contributed by atoms with Crippen LogP contribution >= 0.6 is 0 Å². The summed E-state index contributed by atoms with van der Waals surface area (Å²) in [5.74, 6) is 0. The summed E-state index contributed by atoms with van der Waals surface area (Å²) in [7, 11) is 0. The molecule has 0 fully saturated rings. The minimum absolute atomic E-state index is 0.371. The van der Waals surface area contributed by atoms with Gasteiger partial charge in [0.2, 0.25) is 0 Å². The van der Waals surface area contributed by atoms with E-state index < -0.39 is 11.2 Å². The molecule has 0 saturated heterocycles. The van der Waals surface area contributed by atoms with Gasteiger partial charge in [-0.15, -0.1) is 0 Å². The van der Waals surface area contributed by atoms with E-state index >= 15 is 0 Å². The third kappa shape index (κ3) is 11.7. The van der Waals surface area contributed by atoms with Gasteiger partial charge >= 0.3 is 0 Å². The molecule has 0 aromatic carbocycles. The van der Waals surface area contributed by atoms with Crippen LogP contribution in [-0.4, -0.2) is 107 Å². The van der Waals surface area contributed by atoms with Crippen molar-refractivity contribution in [2.75, 3.05) is 26.7 Å². The Balaban J connectivity index is 6.50. The van der Waals surface area contributed by atoms with Gasteiger partial charge in [0.15, 0.2) is 11.2 Å². The molecule has 0 amide bonds. The van der Waals surface area contributed by atoms with E-state index in [2.05, 4.69) is 139 Å². The second kappa shape index (κ2) is 16.8. The molecule has 0 aromatic heterocycles. The molecule has 218 valence electrons. The van der Waals surface area contributed by atoms with Crippen LogP contribution < -0.4 is 0 Å². The molecule has 0 rings (SSSR count). The van der Waals surface area contributed by atoms with Crippen molar-refractivity contribution in [2.24, 2.45) is 0 Å². The van der Waals surface area contributed by atoms with Crippen molar-refractivity contribution in [3.8, 4) is 0 Å². The predicted molar refractivity (Wildman–Crippen MR) is 160 cm³/mol. The average Bonchev–Trinajstić information content (AvgIpc) is 2.71. The SMILES string of the molecule is CC(C)N(CN(CN(C(C)C)C(C)C)S(=O)N(CN(C(C)C)C(C)C)CN(C(C)C)C(C)C)C(C)C. The van der Waals surface area contributed by atoms with E-state index in [-0.39, 0.29) is 0 Å². The lowest BCUT2D eigenvalue weighted by Gasteiger charge is -2.44. The standard InChI is InChI=1S/C28H64N6OS/c1-21(2)31(22(3)4)17-29(18-32(23(5)6)24(7)8)36(35)30(19-33(25(9)10)26(11)12)20-34(27(13)14)28(15)16/h21-28H,17-20H2,1-16H3. The van der Waals surface area contributed by atoms with Gasteiger partial charge < -0.3 is 0 Å². The Morgan fingerprint density at radius 1 is 0.361 bits per heavy atom. The molecule has 0 aliphatic rings. The highest BCUT2D eigenvalue weighted by molar-refractivity contribution is 7.80. The van der Waals surface area contributed by atoms with E-state index in [0.717, 1.165) is 0 Å². The van der Waals surface area contributed by atoms with E-state index in [0.29, 0.717) is 75.0 Å². The molecule has 0 heterocycles. The third-order valence-electron chi connectivity index (χ3n) is 7.03. The summed E-state index contributed by atoms with van der Waals surface area (Å²) in [5.41, 5.74) is 0. The summed E-state index contributed by atoms with van der Waals surface area (Å²) in [5, 5.41) is 0. The van der Waals surface area contributed by atoms with Crippen LogP contribution in [0.4, 0.5) is 0 Å². The first-order valence-corrected chi connectivity index (χ1v) is 15.4. The molecule has 8 heteroatoms. The van der Waals surface area contributed by atoms with Crippen molar-refractivity contribution in [3.63, 3.8) is 0 Å². The van der Waals surface area contributed by atoms with E-state index in [4.69, 9.17) is 0 Å². The minimum atomic E-state index is -1.31. The second-order valence-corrected chi connectivity index (χ2v) is 14.1. The summed E-state index contributed by atoms with van der Waals surface area (Å²) < 4.78 is 19.0. The third-order valence-corrected chi connectivity index (χ3v) is 8.38. The highest BCUT2D eigenvalue weighted by Crippen LogP contribution is 2.18. The highest BCUT2D eigenvalue weighted by atomic mass is 32.2. The van der Waals surface area contributed by atoms with Gasteiger partial charge in [-0.1, -0.05) is 0 Å². The van der Waals surface area contributed by atoms with Gasteiger partial charge in [-0.05, 0) is 111 Å². The van der Waals surface area contributed by atoms with Gasteiger partial charge in [-0.3, -0.25) is 19.6 Å². The molecule has 0 atom stereocenters. The Morgan fingerprint density at radius 3 is 0.611 bits per heavy atom. The Labute approximate surface area is 229 Å².